The zero-order valence-electron chi connectivity index (χ0n) is 19.1. The third kappa shape index (κ3) is 22.0. The molecular weight excluding hydrogens is 368 g/mol. The molecular formula is C22H48O3Si2. The van der Waals surface area contributed by atoms with Gasteiger partial charge in [0, 0.05) is 6.42 Å². The maximum atomic E-state index is 11.8. The Morgan fingerprint density at radius 3 is 1.44 bits per heavy atom. The average Bonchev–Trinajstić information content (AvgIpc) is 2.56. The number of hydrogen-bond acceptors (Lipinski definition) is 3. The van der Waals surface area contributed by atoms with Crippen LogP contribution in [0.4, 0.5) is 0 Å². The smallest absolute Gasteiger partial charge is 0.372 e. The lowest BCUT2D eigenvalue weighted by atomic mass is 10.0. The fourth-order valence-electron chi connectivity index (χ4n) is 3.41. The summed E-state index contributed by atoms with van der Waals surface area (Å²) >= 11 is 0. The number of rotatable bonds is 19. The van der Waals surface area contributed by atoms with Crippen molar-refractivity contribution in [3.8, 4) is 0 Å². The van der Waals surface area contributed by atoms with Gasteiger partial charge in [0.15, 0.2) is 8.32 Å². The molecule has 0 aromatic carbocycles. The molecule has 0 spiro atoms. The van der Waals surface area contributed by atoms with E-state index in [0.717, 1.165) is 12.8 Å². The van der Waals surface area contributed by atoms with Gasteiger partial charge in [0.25, 0.3) is 5.97 Å². The Morgan fingerprint density at radius 1 is 0.704 bits per heavy atom. The number of unbranched alkanes of at least 4 members (excludes halogenated alkanes) is 14. The Morgan fingerprint density at radius 2 is 1.07 bits per heavy atom. The first kappa shape index (κ1) is 26.9. The lowest BCUT2D eigenvalue weighted by Gasteiger charge is -2.22. The van der Waals surface area contributed by atoms with E-state index in [0.29, 0.717) is 6.42 Å². The summed E-state index contributed by atoms with van der Waals surface area (Å²) in [6, 6.07) is 0. The van der Waals surface area contributed by atoms with Crippen molar-refractivity contribution in [2.75, 3.05) is 0 Å². The van der Waals surface area contributed by atoms with Crippen LogP contribution in [0.25, 0.3) is 0 Å². The van der Waals surface area contributed by atoms with Gasteiger partial charge in [-0.25, -0.2) is 0 Å². The second-order valence-corrected chi connectivity index (χ2v) is 15.5. The molecule has 0 saturated heterocycles. The van der Waals surface area contributed by atoms with Gasteiger partial charge in [-0.2, -0.15) is 0 Å². The molecule has 1 atom stereocenters. The van der Waals surface area contributed by atoms with Crippen molar-refractivity contribution in [1.29, 1.82) is 0 Å². The van der Waals surface area contributed by atoms with Crippen LogP contribution in [0.15, 0.2) is 0 Å². The summed E-state index contributed by atoms with van der Waals surface area (Å²) in [4.78, 5) is 11.8. The topological polar surface area (TPSA) is 35.5 Å². The maximum absolute atomic E-state index is 11.8. The van der Waals surface area contributed by atoms with E-state index in [1.807, 2.05) is 6.55 Å². The minimum atomic E-state index is -1.77. The van der Waals surface area contributed by atoms with Gasteiger partial charge in [-0.1, -0.05) is 96.8 Å². The largest absolute Gasteiger partial charge is 0.498 e. The van der Waals surface area contributed by atoms with Crippen LogP contribution in [0.3, 0.4) is 0 Å². The first-order valence-electron chi connectivity index (χ1n) is 11.7. The van der Waals surface area contributed by atoms with Crippen LogP contribution in [-0.4, -0.2) is 23.6 Å². The average molecular weight is 417 g/mol. The second kappa shape index (κ2) is 17.9. The highest BCUT2D eigenvalue weighted by Gasteiger charge is 2.22. The monoisotopic (exact) mass is 416 g/mol. The zero-order valence-corrected chi connectivity index (χ0v) is 21.3. The van der Waals surface area contributed by atoms with Gasteiger partial charge in [0.05, 0.1) is 0 Å². The molecule has 0 bridgehead atoms. The Balaban J connectivity index is 3.27. The normalized spacial score (nSPS) is 12.9. The maximum Gasteiger partial charge on any atom is 0.372 e. The SMILES string of the molecule is CCCCCCCCCCCCCCCCCC(=O)O[SiH](C)O[Si](C)(C)C. The van der Waals surface area contributed by atoms with Gasteiger partial charge in [-0.15, -0.1) is 0 Å². The fourth-order valence-corrected chi connectivity index (χ4v) is 8.07. The quantitative estimate of drug-likeness (QED) is 0.161. The molecule has 0 aliphatic rings. The van der Waals surface area contributed by atoms with Crippen LogP contribution in [0.5, 0.6) is 0 Å². The Hall–Kier alpha value is -0.136. The van der Waals surface area contributed by atoms with E-state index >= 15 is 0 Å². The lowest BCUT2D eigenvalue weighted by molar-refractivity contribution is -0.135. The molecule has 0 N–H and O–H groups in total. The second-order valence-electron chi connectivity index (χ2n) is 8.99. The molecule has 0 aromatic rings. The van der Waals surface area contributed by atoms with Crippen LogP contribution >= 0.6 is 0 Å². The van der Waals surface area contributed by atoms with Crippen molar-refractivity contribution in [2.24, 2.45) is 0 Å². The molecule has 0 saturated carbocycles. The molecule has 3 nitrogen and oxygen atoms in total. The van der Waals surface area contributed by atoms with Crippen LogP contribution in [-0.2, 0) is 13.3 Å². The summed E-state index contributed by atoms with van der Waals surface area (Å²) in [7, 11) is -3.35. The lowest BCUT2D eigenvalue weighted by Crippen LogP contribution is -2.36. The minimum absolute atomic E-state index is 0.0536. The molecule has 1 unspecified atom stereocenters. The van der Waals surface area contributed by atoms with Gasteiger partial charge < -0.3 is 8.54 Å². The summed E-state index contributed by atoms with van der Waals surface area (Å²) in [6.45, 7) is 10.7. The molecule has 0 radical (unpaired) electrons. The van der Waals surface area contributed by atoms with Gasteiger partial charge in [0.1, 0.15) is 0 Å². The molecule has 162 valence electrons. The van der Waals surface area contributed by atoms with Crippen LogP contribution in [0.2, 0.25) is 26.2 Å². The molecule has 0 amide bonds. The summed E-state index contributed by atoms with van der Waals surface area (Å²) in [6.07, 6.45) is 20.7. The molecule has 0 heterocycles. The summed E-state index contributed by atoms with van der Waals surface area (Å²) in [5, 5.41) is 0. The van der Waals surface area contributed by atoms with Crippen molar-refractivity contribution in [1.82, 2.24) is 0 Å². The Bertz CT molecular complexity index is 343. The van der Waals surface area contributed by atoms with E-state index in [2.05, 4.69) is 26.6 Å². The first-order chi connectivity index (χ1) is 12.8. The van der Waals surface area contributed by atoms with E-state index in [4.69, 9.17) is 8.54 Å². The van der Waals surface area contributed by atoms with Crippen molar-refractivity contribution >= 4 is 23.6 Å². The molecule has 27 heavy (non-hydrogen) atoms. The fraction of sp³-hybridized carbons (Fsp3) is 0.955. The molecule has 0 aromatic heterocycles. The Kier molecular flexibility index (Phi) is 17.8. The summed E-state index contributed by atoms with van der Waals surface area (Å²) in [5.74, 6) is -0.0536. The van der Waals surface area contributed by atoms with E-state index < -0.39 is 17.6 Å². The predicted molar refractivity (Wildman–Crippen MR) is 123 cm³/mol. The first-order valence-corrected chi connectivity index (χ1v) is 17.2. The van der Waals surface area contributed by atoms with E-state index in [9.17, 15) is 4.79 Å². The molecule has 0 fully saturated rings. The molecule has 5 heteroatoms. The Labute approximate surface area is 173 Å². The molecule has 0 rings (SSSR count). The standard InChI is InChI=1S/C22H48O3Si2/c1-6-7-8-9-10-11-12-13-14-15-16-17-18-19-20-21-22(23)24-26(2)25-27(3,4)5/h26H,6-21H2,1-5H3. The predicted octanol–water partition coefficient (Wildman–Crippen LogP) is 7.49. The number of carbonyl (C=O) groups is 1. The third-order valence-electron chi connectivity index (χ3n) is 4.80. The van der Waals surface area contributed by atoms with Crippen molar-refractivity contribution in [3.05, 3.63) is 0 Å². The third-order valence-corrected chi connectivity index (χ3v) is 9.55. The van der Waals surface area contributed by atoms with E-state index in [1.165, 1.54) is 83.5 Å². The van der Waals surface area contributed by atoms with Crippen LogP contribution in [0.1, 0.15) is 110 Å². The number of carbonyl (C=O) groups excluding carboxylic acids is 1. The van der Waals surface area contributed by atoms with Gasteiger partial charge in [-0.3, -0.25) is 4.79 Å². The molecule has 0 aliphatic heterocycles. The highest BCUT2D eigenvalue weighted by Crippen LogP contribution is 2.14. The van der Waals surface area contributed by atoms with Crippen LogP contribution < -0.4 is 0 Å². The van der Waals surface area contributed by atoms with Gasteiger partial charge in [0.2, 0.25) is 0 Å². The van der Waals surface area contributed by atoms with Crippen molar-refractivity contribution in [3.63, 3.8) is 0 Å². The van der Waals surface area contributed by atoms with Gasteiger partial charge in [-0.05, 0) is 32.6 Å². The summed E-state index contributed by atoms with van der Waals surface area (Å²) in [5.41, 5.74) is 0. The highest BCUT2D eigenvalue weighted by molar-refractivity contribution is 6.76. The van der Waals surface area contributed by atoms with E-state index in [-0.39, 0.29) is 5.97 Å². The van der Waals surface area contributed by atoms with Crippen LogP contribution in [0, 0.1) is 0 Å². The highest BCUT2D eigenvalue weighted by atomic mass is 28.4. The van der Waals surface area contributed by atoms with Crippen molar-refractivity contribution < 1.29 is 13.3 Å². The number of hydrogen-bond donors (Lipinski definition) is 0. The summed E-state index contributed by atoms with van der Waals surface area (Å²) < 4.78 is 11.3. The van der Waals surface area contributed by atoms with E-state index in [1.54, 1.807) is 0 Å². The van der Waals surface area contributed by atoms with Crippen molar-refractivity contribution in [2.45, 2.75) is 136 Å². The zero-order chi connectivity index (χ0) is 20.4. The minimum Gasteiger partial charge on any atom is -0.498 e. The molecule has 0 aliphatic carbocycles. The van der Waals surface area contributed by atoms with Gasteiger partial charge >= 0.3 is 9.28 Å².